The summed E-state index contributed by atoms with van der Waals surface area (Å²) < 4.78 is 17.2. The Bertz CT molecular complexity index is 1210. The van der Waals surface area contributed by atoms with Crippen molar-refractivity contribution in [1.29, 1.82) is 0 Å². The number of hydrogen-bond donors (Lipinski definition) is 1. The summed E-state index contributed by atoms with van der Waals surface area (Å²) in [5, 5.41) is 10.2. The Balaban J connectivity index is 1.09. The van der Waals surface area contributed by atoms with Crippen LogP contribution in [0.4, 0.5) is 0 Å². The van der Waals surface area contributed by atoms with Crippen LogP contribution in [0.5, 0.6) is 11.5 Å². The predicted molar refractivity (Wildman–Crippen MR) is 158 cm³/mol. The SMILES string of the molecule is COc1ccc(C2=NN(CCCCCNCC3CCC(c4ccc(C)cc4)O3)C(=O)C3CC=CCC23)cc1OC. The number of hydrazone groups is 1. The number of rotatable bonds is 12. The summed E-state index contributed by atoms with van der Waals surface area (Å²) in [5.41, 5.74) is 4.53. The minimum Gasteiger partial charge on any atom is -0.493 e. The topological polar surface area (TPSA) is 72.4 Å². The smallest absolute Gasteiger partial charge is 0.246 e. The molecule has 0 radical (unpaired) electrons. The number of methoxy groups -OCH3 is 2. The maximum absolute atomic E-state index is 13.3. The summed E-state index contributed by atoms with van der Waals surface area (Å²) in [6, 6.07) is 14.6. The van der Waals surface area contributed by atoms with Crippen molar-refractivity contribution in [2.75, 3.05) is 33.9 Å². The summed E-state index contributed by atoms with van der Waals surface area (Å²) in [5.74, 6) is 1.56. The molecule has 7 nitrogen and oxygen atoms in total. The molecule has 4 atom stereocenters. The van der Waals surface area contributed by atoms with E-state index in [1.54, 1.807) is 19.2 Å². The van der Waals surface area contributed by atoms with Gasteiger partial charge in [-0.2, -0.15) is 5.10 Å². The number of fused-ring (bicyclic) bond motifs is 1. The van der Waals surface area contributed by atoms with Gasteiger partial charge in [0.25, 0.3) is 0 Å². The monoisotopic (exact) mass is 545 g/mol. The van der Waals surface area contributed by atoms with Crippen molar-refractivity contribution in [2.24, 2.45) is 16.9 Å². The molecule has 5 rings (SSSR count). The van der Waals surface area contributed by atoms with Crippen LogP contribution in [-0.2, 0) is 9.53 Å². The number of benzene rings is 2. The van der Waals surface area contributed by atoms with Gasteiger partial charge in [-0.3, -0.25) is 4.79 Å². The number of ether oxygens (including phenoxy) is 3. The maximum Gasteiger partial charge on any atom is 0.246 e. The van der Waals surface area contributed by atoms with Gasteiger partial charge in [0, 0.05) is 24.6 Å². The van der Waals surface area contributed by atoms with Crippen molar-refractivity contribution in [3.8, 4) is 11.5 Å². The maximum atomic E-state index is 13.3. The number of amides is 1. The van der Waals surface area contributed by atoms with E-state index in [0.717, 1.165) is 69.3 Å². The molecule has 2 aliphatic heterocycles. The van der Waals surface area contributed by atoms with E-state index in [2.05, 4.69) is 48.7 Å². The van der Waals surface area contributed by atoms with E-state index < -0.39 is 0 Å². The highest BCUT2D eigenvalue weighted by Gasteiger charge is 2.40. The van der Waals surface area contributed by atoms with Crippen LogP contribution in [0.2, 0.25) is 0 Å². The molecule has 1 aliphatic carbocycles. The second-order valence-corrected chi connectivity index (χ2v) is 11.2. The van der Waals surface area contributed by atoms with Crippen LogP contribution in [0.15, 0.2) is 59.7 Å². The molecule has 0 spiro atoms. The highest BCUT2D eigenvalue weighted by molar-refractivity contribution is 6.07. The Morgan fingerprint density at radius 3 is 2.50 bits per heavy atom. The molecule has 0 aromatic heterocycles. The summed E-state index contributed by atoms with van der Waals surface area (Å²) in [6.45, 7) is 4.61. The molecular formula is C33H43N3O4. The molecule has 7 heteroatoms. The molecule has 4 unspecified atom stereocenters. The van der Waals surface area contributed by atoms with Gasteiger partial charge in [-0.15, -0.1) is 0 Å². The van der Waals surface area contributed by atoms with Crippen molar-refractivity contribution in [2.45, 2.75) is 64.1 Å². The summed E-state index contributed by atoms with van der Waals surface area (Å²) in [6.07, 6.45) is 11.6. The molecule has 0 saturated carbocycles. The first-order valence-corrected chi connectivity index (χ1v) is 14.8. The zero-order valence-electron chi connectivity index (χ0n) is 24.1. The Hall–Kier alpha value is -3.16. The van der Waals surface area contributed by atoms with E-state index in [4.69, 9.17) is 19.3 Å². The van der Waals surface area contributed by atoms with Crippen molar-refractivity contribution in [3.63, 3.8) is 0 Å². The zero-order chi connectivity index (χ0) is 27.9. The Morgan fingerprint density at radius 2 is 1.73 bits per heavy atom. The number of unbranched alkanes of at least 4 members (excludes halogenated alkanes) is 2. The van der Waals surface area contributed by atoms with Crippen LogP contribution in [0.1, 0.15) is 67.7 Å². The average Bonchev–Trinajstić information content (AvgIpc) is 3.46. The molecule has 2 aromatic rings. The third-order valence-corrected chi connectivity index (χ3v) is 8.42. The molecule has 2 aromatic carbocycles. The molecule has 40 heavy (non-hydrogen) atoms. The molecule has 3 aliphatic rings. The minimum absolute atomic E-state index is 0.0533. The van der Waals surface area contributed by atoms with E-state index in [-0.39, 0.29) is 30.0 Å². The first-order valence-electron chi connectivity index (χ1n) is 14.8. The van der Waals surface area contributed by atoms with Crippen LogP contribution in [0, 0.1) is 18.8 Å². The normalized spacial score (nSPS) is 24.1. The number of hydrogen-bond acceptors (Lipinski definition) is 6. The van der Waals surface area contributed by atoms with Crippen molar-refractivity contribution < 1.29 is 19.0 Å². The highest BCUT2D eigenvalue weighted by atomic mass is 16.5. The number of aryl methyl sites for hydroxylation is 1. The van der Waals surface area contributed by atoms with Gasteiger partial charge in [0.2, 0.25) is 5.91 Å². The molecule has 2 heterocycles. The van der Waals surface area contributed by atoms with Gasteiger partial charge >= 0.3 is 0 Å². The van der Waals surface area contributed by atoms with Gasteiger partial charge in [-0.25, -0.2) is 5.01 Å². The van der Waals surface area contributed by atoms with Crippen molar-refractivity contribution in [1.82, 2.24) is 10.3 Å². The first-order chi connectivity index (χ1) is 19.6. The van der Waals surface area contributed by atoms with E-state index in [0.29, 0.717) is 18.0 Å². The second kappa shape index (κ2) is 13.5. The third-order valence-electron chi connectivity index (χ3n) is 8.42. The second-order valence-electron chi connectivity index (χ2n) is 11.2. The fourth-order valence-corrected chi connectivity index (χ4v) is 6.10. The van der Waals surface area contributed by atoms with Gasteiger partial charge in [0.05, 0.1) is 38.1 Å². The minimum atomic E-state index is -0.0533. The first kappa shape index (κ1) is 28.4. The van der Waals surface area contributed by atoms with Crippen LogP contribution < -0.4 is 14.8 Å². The van der Waals surface area contributed by atoms with Crippen LogP contribution in [-0.4, -0.2) is 56.6 Å². The van der Waals surface area contributed by atoms with Crippen molar-refractivity contribution in [3.05, 3.63) is 71.3 Å². The quantitative estimate of drug-likeness (QED) is 0.269. The summed E-state index contributed by atoms with van der Waals surface area (Å²) in [7, 11) is 3.28. The standard InChI is InChI=1S/C33H43N3O4/c1-23-11-13-24(14-12-23)29-18-16-26(40-29)22-34-19-7-4-8-20-36-33(37)28-10-6-5-9-27(28)32(35-36)25-15-17-30(38-2)31(21-25)39-3/h5-6,11-15,17,21,26-29,34H,4,7-10,16,18-20,22H2,1-3H3. The van der Waals surface area contributed by atoms with E-state index in [1.807, 2.05) is 18.2 Å². The summed E-state index contributed by atoms with van der Waals surface area (Å²) in [4.78, 5) is 13.3. The van der Waals surface area contributed by atoms with Gasteiger partial charge in [0.15, 0.2) is 11.5 Å². The van der Waals surface area contributed by atoms with E-state index in [1.165, 1.54) is 11.1 Å². The molecule has 214 valence electrons. The predicted octanol–water partition coefficient (Wildman–Crippen LogP) is 5.82. The van der Waals surface area contributed by atoms with Crippen LogP contribution in [0.3, 0.4) is 0 Å². The Labute approximate surface area is 238 Å². The lowest BCUT2D eigenvalue weighted by molar-refractivity contribution is -0.137. The fraction of sp³-hybridized carbons (Fsp3) is 0.515. The highest BCUT2D eigenvalue weighted by Crippen LogP contribution is 2.37. The van der Waals surface area contributed by atoms with Gasteiger partial charge < -0.3 is 19.5 Å². The van der Waals surface area contributed by atoms with Crippen LogP contribution in [0.25, 0.3) is 0 Å². The number of carbonyl (C=O) groups excluding carboxylic acids is 1. The average molecular weight is 546 g/mol. The molecule has 1 amide bonds. The lowest BCUT2D eigenvalue weighted by Gasteiger charge is -2.37. The van der Waals surface area contributed by atoms with E-state index in [9.17, 15) is 4.79 Å². The summed E-state index contributed by atoms with van der Waals surface area (Å²) >= 11 is 0. The number of nitrogens with zero attached hydrogens (tertiary/aromatic N) is 2. The number of carbonyl (C=O) groups is 1. The molecule has 1 N–H and O–H groups in total. The lowest BCUT2D eigenvalue weighted by Crippen LogP contribution is -2.45. The lowest BCUT2D eigenvalue weighted by atomic mass is 9.76. The Morgan fingerprint density at radius 1 is 0.950 bits per heavy atom. The largest absolute Gasteiger partial charge is 0.493 e. The Kier molecular flexibility index (Phi) is 9.55. The third kappa shape index (κ3) is 6.58. The van der Waals surface area contributed by atoms with E-state index >= 15 is 0 Å². The number of nitrogens with one attached hydrogen (secondary N) is 1. The molecule has 1 saturated heterocycles. The fourth-order valence-electron chi connectivity index (χ4n) is 6.10. The van der Waals surface area contributed by atoms with Gasteiger partial charge in [-0.1, -0.05) is 48.4 Å². The molecule has 0 bridgehead atoms. The number of allylic oxidation sites excluding steroid dienone is 2. The van der Waals surface area contributed by atoms with Gasteiger partial charge in [-0.05, 0) is 75.8 Å². The van der Waals surface area contributed by atoms with Crippen LogP contribution >= 0.6 is 0 Å². The zero-order valence-corrected chi connectivity index (χ0v) is 24.1. The molecular weight excluding hydrogens is 502 g/mol. The molecule has 1 fully saturated rings. The van der Waals surface area contributed by atoms with Crippen molar-refractivity contribution >= 4 is 11.6 Å². The van der Waals surface area contributed by atoms with Gasteiger partial charge in [0.1, 0.15) is 0 Å².